The van der Waals surface area contributed by atoms with Crippen molar-refractivity contribution in [1.29, 1.82) is 0 Å². The maximum atomic E-state index is 5.46. The number of nitrogens with two attached hydrogens (primary N) is 1. The molecule has 0 bridgehead atoms. The summed E-state index contributed by atoms with van der Waals surface area (Å²) in [5.41, 5.74) is 2.77. The molecule has 1 aliphatic carbocycles. The van der Waals surface area contributed by atoms with Gasteiger partial charge in [-0.2, -0.15) is 4.98 Å². The van der Waals surface area contributed by atoms with Crippen molar-refractivity contribution in [1.82, 2.24) is 14.9 Å². The van der Waals surface area contributed by atoms with Gasteiger partial charge >= 0.3 is 0 Å². The summed E-state index contributed by atoms with van der Waals surface area (Å²) in [5.74, 6) is 6.78. The predicted molar refractivity (Wildman–Crippen MR) is 88.6 cm³/mol. The summed E-state index contributed by atoms with van der Waals surface area (Å²) in [5, 5.41) is 6.62. The van der Waals surface area contributed by atoms with E-state index in [4.69, 9.17) is 5.84 Å². The Morgan fingerprint density at radius 1 is 1.33 bits per heavy atom. The van der Waals surface area contributed by atoms with Crippen LogP contribution in [0.3, 0.4) is 0 Å². The number of likely N-dealkylation sites (N-methyl/N-ethyl adjacent to an activating group) is 1. The highest BCUT2D eigenvalue weighted by molar-refractivity contribution is 7.16. The zero-order valence-electron chi connectivity index (χ0n) is 12.5. The second-order valence-corrected chi connectivity index (χ2v) is 6.75. The number of nitrogens with one attached hydrogen (secondary N) is 2. The van der Waals surface area contributed by atoms with Crippen LogP contribution in [-0.4, -0.2) is 41.0 Å². The molecule has 2 aromatic heterocycles. The Labute approximate surface area is 128 Å². The molecule has 0 amide bonds. The monoisotopic (exact) mass is 306 g/mol. The number of rotatable bonds is 5. The van der Waals surface area contributed by atoms with Crippen LogP contribution in [0.15, 0.2) is 11.4 Å². The van der Waals surface area contributed by atoms with Crippen molar-refractivity contribution in [2.75, 3.05) is 31.4 Å². The molecule has 21 heavy (non-hydrogen) atoms. The largest absolute Gasteiger partial charge is 0.368 e. The average molecular weight is 306 g/mol. The maximum absolute atomic E-state index is 5.46. The van der Waals surface area contributed by atoms with E-state index < -0.39 is 0 Å². The first-order valence-corrected chi connectivity index (χ1v) is 8.16. The minimum absolute atomic E-state index is 0.226. The molecular formula is C14H22N6S. The molecule has 0 aliphatic heterocycles. The van der Waals surface area contributed by atoms with Gasteiger partial charge in [-0.15, -0.1) is 11.3 Å². The zero-order chi connectivity index (χ0) is 14.9. The average Bonchev–Trinajstić information content (AvgIpc) is 3.14. The van der Waals surface area contributed by atoms with E-state index in [2.05, 4.69) is 45.8 Å². The van der Waals surface area contributed by atoms with E-state index in [0.717, 1.165) is 22.6 Å². The topological polar surface area (TPSA) is 79.1 Å². The number of thiophene rings is 1. The Bertz CT molecular complexity index is 617. The van der Waals surface area contributed by atoms with Crippen molar-refractivity contribution in [2.45, 2.75) is 31.2 Å². The second-order valence-electron chi connectivity index (χ2n) is 5.86. The first-order valence-electron chi connectivity index (χ1n) is 7.28. The molecule has 114 valence electrons. The fourth-order valence-electron chi connectivity index (χ4n) is 3.12. The van der Waals surface area contributed by atoms with E-state index in [1.807, 2.05) is 5.38 Å². The minimum Gasteiger partial charge on any atom is -0.368 e. The summed E-state index contributed by atoms with van der Waals surface area (Å²) in [6, 6.07) is 2.06. The number of hydrogen-bond acceptors (Lipinski definition) is 7. The molecular weight excluding hydrogens is 284 g/mol. The molecule has 0 atom stereocenters. The maximum Gasteiger partial charge on any atom is 0.240 e. The summed E-state index contributed by atoms with van der Waals surface area (Å²) >= 11 is 1.60. The summed E-state index contributed by atoms with van der Waals surface area (Å²) in [4.78, 5) is 12.1. The van der Waals surface area contributed by atoms with Gasteiger partial charge in [-0.3, -0.25) is 5.43 Å². The van der Waals surface area contributed by atoms with Gasteiger partial charge in [0.25, 0.3) is 0 Å². The standard InChI is InChI=1S/C14H22N6S/c1-20(2)14(6-3-4-7-14)9-16-11-10-5-8-21-12(10)18-13(17-11)19-15/h5,8H,3-4,6-7,9,15H2,1-2H3,(H2,16,17,18,19). The van der Waals surface area contributed by atoms with E-state index in [1.165, 1.54) is 25.7 Å². The molecule has 0 radical (unpaired) electrons. The molecule has 0 unspecified atom stereocenters. The van der Waals surface area contributed by atoms with Crippen LogP contribution in [-0.2, 0) is 0 Å². The van der Waals surface area contributed by atoms with Crippen LogP contribution in [0.5, 0.6) is 0 Å². The highest BCUT2D eigenvalue weighted by atomic mass is 32.1. The Morgan fingerprint density at radius 2 is 2.10 bits per heavy atom. The lowest BCUT2D eigenvalue weighted by Gasteiger charge is -2.36. The van der Waals surface area contributed by atoms with Crippen LogP contribution < -0.4 is 16.6 Å². The summed E-state index contributed by atoms with van der Waals surface area (Å²) in [6.07, 6.45) is 5.06. The molecule has 2 aromatic rings. The van der Waals surface area contributed by atoms with Gasteiger partial charge in [-0.05, 0) is 38.4 Å². The minimum atomic E-state index is 0.226. The predicted octanol–water partition coefficient (Wildman–Crippen LogP) is 2.26. The SMILES string of the molecule is CN(C)C1(CNc2nc(NN)nc3sccc23)CCCC1. The Kier molecular flexibility index (Phi) is 3.97. The molecule has 1 aliphatic rings. The number of hydrazine groups is 1. The van der Waals surface area contributed by atoms with Crippen molar-refractivity contribution >= 4 is 33.3 Å². The van der Waals surface area contributed by atoms with E-state index in [0.29, 0.717) is 5.95 Å². The number of nitrogen functional groups attached to an aromatic ring is 1. The number of hydrogen-bond donors (Lipinski definition) is 3. The first-order chi connectivity index (χ1) is 10.1. The van der Waals surface area contributed by atoms with Gasteiger partial charge in [0.1, 0.15) is 10.6 Å². The van der Waals surface area contributed by atoms with E-state index in [-0.39, 0.29) is 5.54 Å². The molecule has 6 nitrogen and oxygen atoms in total. The van der Waals surface area contributed by atoms with Crippen molar-refractivity contribution in [3.05, 3.63) is 11.4 Å². The third-order valence-corrected chi connectivity index (χ3v) is 5.33. The molecule has 1 fully saturated rings. The summed E-state index contributed by atoms with van der Waals surface area (Å²) < 4.78 is 0. The van der Waals surface area contributed by atoms with E-state index >= 15 is 0 Å². The van der Waals surface area contributed by atoms with Crippen molar-refractivity contribution in [3.63, 3.8) is 0 Å². The number of nitrogens with zero attached hydrogens (tertiary/aromatic N) is 3. The van der Waals surface area contributed by atoms with Crippen LogP contribution in [0.1, 0.15) is 25.7 Å². The lowest BCUT2D eigenvalue weighted by molar-refractivity contribution is 0.172. The lowest BCUT2D eigenvalue weighted by atomic mass is 9.96. The Balaban J connectivity index is 1.85. The van der Waals surface area contributed by atoms with Crippen LogP contribution in [0.25, 0.3) is 10.2 Å². The number of fused-ring (bicyclic) bond motifs is 1. The highest BCUT2D eigenvalue weighted by Gasteiger charge is 2.35. The van der Waals surface area contributed by atoms with Crippen molar-refractivity contribution in [2.24, 2.45) is 5.84 Å². The van der Waals surface area contributed by atoms with Crippen molar-refractivity contribution < 1.29 is 0 Å². The van der Waals surface area contributed by atoms with Gasteiger partial charge in [0, 0.05) is 12.1 Å². The summed E-state index contributed by atoms with van der Waals surface area (Å²) in [6.45, 7) is 0.895. The van der Waals surface area contributed by atoms with Crippen LogP contribution in [0, 0.1) is 0 Å². The quantitative estimate of drug-likeness (QED) is 0.581. The normalized spacial score (nSPS) is 17.5. The van der Waals surface area contributed by atoms with Crippen LogP contribution in [0.4, 0.5) is 11.8 Å². The molecule has 0 spiro atoms. The van der Waals surface area contributed by atoms with Gasteiger partial charge in [-0.25, -0.2) is 10.8 Å². The number of aromatic nitrogens is 2. The first kappa shape index (κ1) is 14.5. The molecule has 7 heteroatoms. The van der Waals surface area contributed by atoms with Gasteiger partial charge in [-0.1, -0.05) is 12.8 Å². The van der Waals surface area contributed by atoms with Gasteiger partial charge in [0.15, 0.2) is 0 Å². The molecule has 0 aromatic carbocycles. The van der Waals surface area contributed by atoms with E-state index in [9.17, 15) is 0 Å². The lowest BCUT2D eigenvalue weighted by Crippen LogP contribution is -2.47. The molecule has 2 heterocycles. The third-order valence-electron chi connectivity index (χ3n) is 4.52. The van der Waals surface area contributed by atoms with Gasteiger partial charge in [0.05, 0.1) is 5.39 Å². The Morgan fingerprint density at radius 3 is 2.76 bits per heavy atom. The second kappa shape index (κ2) is 5.75. The highest BCUT2D eigenvalue weighted by Crippen LogP contribution is 2.34. The van der Waals surface area contributed by atoms with Crippen LogP contribution in [0.2, 0.25) is 0 Å². The van der Waals surface area contributed by atoms with Crippen LogP contribution >= 0.6 is 11.3 Å². The molecule has 1 saturated carbocycles. The number of anilines is 2. The molecule has 0 saturated heterocycles. The fraction of sp³-hybridized carbons (Fsp3) is 0.571. The molecule has 4 N–H and O–H groups in total. The zero-order valence-corrected chi connectivity index (χ0v) is 13.3. The third kappa shape index (κ3) is 2.68. The van der Waals surface area contributed by atoms with Gasteiger partial charge < -0.3 is 10.2 Å². The summed E-state index contributed by atoms with van der Waals surface area (Å²) in [7, 11) is 4.33. The molecule has 3 rings (SSSR count). The Hall–Kier alpha value is -1.44. The fourth-order valence-corrected chi connectivity index (χ4v) is 3.88. The smallest absolute Gasteiger partial charge is 0.240 e. The van der Waals surface area contributed by atoms with Gasteiger partial charge in [0.2, 0.25) is 5.95 Å². The van der Waals surface area contributed by atoms with Crippen molar-refractivity contribution in [3.8, 4) is 0 Å². The van der Waals surface area contributed by atoms with E-state index in [1.54, 1.807) is 11.3 Å².